The van der Waals surface area contributed by atoms with Gasteiger partial charge in [-0.1, -0.05) is 41.2 Å². The highest BCUT2D eigenvalue weighted by Gasteiger charge is 2.36. The van der Waals surface area contributed by atoms with Gasteiger partial charge >= 0.3 is 0 Å². The molecule has 0 spiro atoms. The molecule has 0 amide bonds. The SMILES string of the molecule is CC(CN=[N+]=[N-])Oc1ccc(NC2Nc3cc(CCC(C=N)(CN=[N+]=[N-])N=O)ccc3N2[C@H]2CCC[C@@H](C)C2)cc1. The first-order chi connectivity index (χ1) is 19.9. The van der Waals surface area contributed by atoms with Crippen molar-refractivity contribution >= 4 is 23.3 Å². The number of hydrogen-bond donors (Lipinski definition) is 3. The van der Waals surface area contributed by atoms with E-state index in [0.717, 1.165) is 41.7 Å². The van der Waals surface area contributed by atoms with Gasteiger partial charge in [-0.2, -0.15) is 0 Å². The fourth-order valence-corrected chi connectivity index (χ4v) is 5.62. The van der Waals surface area contributed by atoms with Crippen molar-refractivity contribution in [1.29, 1.82) is 5.41 Å². The monoisotopic (exact) mass is 559 g/mol. The Hall–Kier alpha value is -4.47. The van der Waals surface area contributed by atoms with E-state index in [-0.39, 0.29) is 31.9 Å². The smallest absolute Gasteiger partial charge is 0.176 e. The third-order valence-corrected chi connectivity index (χ3v) is 7.81. The van der Waals surface area contributed by atoms with E-state index in [1.165, 1.54) is 12.8 Å². The van der Waals surface area contributed by atoms with Gasteiger partial charge in [-0.05, 0) is 91.5 Å². The molecule has 0 radical (unpaired) electrons. The molecular formula is C28H37N11O2. The lowest BCUT2D eigenvalue weighted by atomic mass is 9.86. The Labute approximate surface area is 239 Å². The highest BCUT2D eigenvalue weighted by atomic mass is 16.5. The molecule has 0 saturated heterocycles. The van der Waals surface area contributed by atoms with Crippen molar-refractivity contribution in [3.8, 4) is 5.75 Å². The molecule has 3 N–H and O–H groups in total. The molecule has 13 heteroatoms. The van der Waals surface area contributed by atoms with Crippen molar-refractivity contribution in [3.63, 3.8) is 0 Å². The van der Waals surface area contributed by atoms with E-state index in [1.807, 2.05) is 31.2 Å². The van der Waals surface area contributed by atoms with E-state index in [1.54, 1.807) is 0 Å². The molecule has 41 heavy (non-hydrogen) atoms. The average Bonchev–Trinajstić information content (AvgIpc) is 3.34. The van der Waals surface area contributed by atoms with Gasteiger partial charge in [0.2, 0.25) is 0 Å². The lowest BCUT2D eigenvalue weighted by Crippen LogP contribution is -2.49. The summed E-state index contributed by atoms with van der Waals surface area (Å²) in [6, 6.07) is 14.4. The maximum absolute atomic E-state index is 11.5. The van der Waals surface area contributed by atoms with Crippen LogP contribution in [0.1, 0.15) is 51.5 Å². The molecule has 5 atom stereocenters. The number of azide groups is 2. The first kappa shape index (κ1) is 29.5. The summed E-state index contributed by atoms with van der Waals surface area (Å²) >= 11 is 0. The summed E-state index contributed by atoms with van der Waals surface area (Å²) in [5, 5.41) is 25.2. The minimum Gasteiger partial charge on any atom is -0.491 e. The third kappa shape index (κ3) is 7.39. The largest absolute Gasteiger partial charge is 0.491 e. The fraction of sp³-hybridized carbons (Fsp3) is 0.536. The van der Waals surface area contributed by atoms with Gasteiger partial charge in [-0.15, -0.1) is 4.91 Å². The van der Waals surface area contributed by atoms with Crippen LogP contribution in [0.3, 0.4) is 0 Å². The molecule has 1 aliphatic carbocycles. The van der Waals surface area contributed by atoms with Crippen LogP contribution in [0.4, 0.5) is 17.1 Å². The molecule has 4 rings (SSSR count). The molecule has 2 aromatic rings. The lowest BCUT2D eigenvalue weighted by Gasteiger charge is -2.39. The molecule has 2 aromatic carbocycles. The zero-order valence-corrected chi connectivity index (χ0v) is 23.5. The molecule has 2 aliphatic rings. The Morgan fingerprint density at radius 1 is 1.22 bits per heavy atom. The summed E-state index contributed by atoms with van der Waals surface area (Å²) in [5.41, 5.74) is 19.9. The van der Waals surface area contributed by atoms with Crippen LogP contribution in [0.2, 0.25) is 0 Å². The number of benzene rings is 2. The quantitative estimate of drug-likeness (QED) is 0.0715. The summed E-state index contributed by atoms with van der Waals surface area (Å²) in [6.07, 6.45) is 6.05. The molecule has 13 nitrogen and oxygen atoms in total. The van der Waals surface area contributed by atoms with Crippen LogP contribution in [0.15, 0.2) is 57.9 Å². The molecule has 1 fully saturated rings. The second-order valence-electron chi connectivity index (χ2n) is 11.0. The summed E-state index contributed by atoms with van der Waals surface area (Å²) in [4.78, 5) is 19.5. The Balaban J connectivity index is 1.51. The van der Waals surface area contributed by atoms with E-state index in [0.29, 0.717) is 24.1 Å². The normalized spacial score (nSPS) is 21.6. The predicted octanol–water partition coefficient (Wildman–Crippen LogP) is 7.37. The number of hydrogen-bond acceptors (Lipinski definition) is 9. The Bertz CT molecular complexity index is 1300. The first-order valence-electron chi connectivity index (χ1n) is 14.0. The standard InChI is InChI=1S/C28H37N11O2/c1-19-4-3-5-23(14-19)39-26-11-6-21(12-13-28(17-29,36-40)18-33-38-31)15-25(26)35-27(39)34-22-7-9-24(10-8-22)41-20(2)16-32-37-30/h6-11,15,17,19-20,23,27,29,34-35H,3-5,12-14,16,18H2,1-2H3/t19-,20?,23+,27?,28?/m1/s1. The second kappa shape index (κ2) is 13.7. The third-order valence-electron chi connectivity index (χ3n) is 7.81. The van der Waals surface area contributed by atoms with Gasteiger partial charge in [0.1, 0.15) is 17.4 Å². The maximum atomic E-state index is 11.5. The Morgan fingerprint density at radius 2 is 2.00 bits per heavy atom. The van der Waals surface area contributed by atoms with Crippen molar-refractivity contribution in [2.45, 2.75) is 76.3 Å². The number of rotatable bonds is 14. The molecule has 0 bridgehead atoms. The highest BCUT2D eigenvalue weighted by Crippen LogP contribution is 2.41. The van der Waals surface area contributed by atoms with Gasteiger partial charge < -0.3 is 25.7 Å². The van der Waals surface area contributed by atoms with Gasteiger partial charge in [0, 0.05) is 27.8 Å². The van der Waals surface area contributed by atoms with E-state index in [4.69, 9.17) is 21.2 Å². The fourth-order valence-electron chi connectivity index (χ4n) is 5.62. The minimum absolute atomic E-state index is 0.159. The topological polar surface area (TPSA) is 187 Å². The number of nitrogens with one attached hydrogen (secondary N) is 3. The summed E-state index contributed by atoms with van der Waals surface area (Å²) in [7, 11) is 0. The maximum Gasteiger partial charge on any atom is 0.176 e. The van der Waals surface area contributed by atoms with E-state index in [2.05, 4.69) is 65.9 Å². The van der Waals surface area contributed by atoms with Gasteiger partial charge in [-0.3, -0.25) is 0 Å². The number of nitrogens with zero attached hydrogens (tertiary/aromatic N) is 8. The number of fused-ring (bicyclic) bond motifs is 1. The van der Waals surface area contributed by atoms with Crippen LogP contribution < -0.4 is 20.3 Å². The second-order valence-corrected chi connectivity index (χ2v) is 11.0. The van der Waals surface area contributed by atoms with Crippen LogP contribution in [0.5, 0.6) is 5.75 Å². The molecule has 216 valence electrons. The summed E-state index contributed by atoms with van der Waals surface area (Å²) in [6.45, 7) is 4.27. The van der Waals surface area contributed by atoms with Gasteiger partial charge in [0.25, 0.3) is 0 Å². The van der Waals surface area contributed by atoms with Crippen LogP contribution in [-0.2, 0) is 6.42 Å². The van der Waals surface area contributed by atoms with Crippen molar-refractivity contribution in [3.05, 3.63) is 73.8 Å². The molecule has 1 heterocycles. The van der Waals surface area contributed by atoms with Gasteiger partial charge in [0.05, 0.1) is 24.5 Å². The van der Waals surface area contributed by atoms with E-state index < -0.39 is 5.54 Å². The Kier molecular flexibility index (Phi) is 9.89. The van der Waals surface area contributed by atoms with Crippen molar-refractivity contribution in [1.82, 2.24) is 0 Å². The molecule has 0 aromatic heterocycles. The molecule has 1 aliphatic heterocycles. The number of ether oxygens (including phenoxy) is 1. The van der Waals surface area contributed by atoms with Crippen LogP contribution >= 0.6 is 0 Å². The van der Waals surface area contributed by atoms with Crippen molar-refractivity contribution in [2.75, 3.05) is 28.6 Å². The lowest BCUT2D eigenvalue weighted by molar-refractivity contribution is 0.230. The Morgan fingerprint density at radius 3 is 2.68 bits per heavy atom. The zero-order chi connectivity index (χ0) is 29.2. The minimum atomic E-state index is -1.34. The molecular weight excluding hydrogens is 522 g/mol. The summed E-state index contributed by atoms with van der Waals surface area (Å²) < 4.78 is 5.84. The number of anilines is 3. The van der Waals surface area contributed by atoms with Crippen LogP contribution in [-0.4, -0.2) is 43.3 Å². The van der Waals surface area contributed by atoms with Crippen molar-refractivity contribution < 1.29 is 4.74 Å². The van der Waals surface area contributed by atoms with Crippen molar-refractivity contribution in [2.24, 2.45) is 21.3 Å². The number of aryl methyl sites for hydroxylation is 1. The van der Waals surface area contributed by atoms with E-state index in [9.17, 15) is 4.91 Å². The van der Waals surface area contributed by atoms with Gasteiger partial charge in [-0.25, -0.2) is 0 Å². The van der Waals surface area contributed by atoms with E-state index >= 15 is 0 Å². The summed E-state index contributed by atoms with van der Waals surface area (Å²) in [5.74, 6) is 1.36. The van der Waals surface area contributed by atoms with Crippen LogP contribution in [0, 0.1) is 16.2 Å². The molecule has 1 saturated carbocycles. The van der Waals surface area contributed by atoms with Gasteiger partial charge in [0.15, 0.2) is 6.29 Å². The first-order valence-corrected chi connectivity index (χ1v) is 14.0. The van der Waals surface area contributed by atoms with Crippen LogP contribution in [0.25, 0.3) is 20.9 Å². The zero-order valence-electron chi connectivity index (χ0n) is 23.5. The average molecular weight is 560 g/mol. The number of nitroso groups, excluding NO2 is 1. The highest BCUT2D eigenvalue weighted by molar-refractivity contribution is 5.78. The predicted molar refractivity (Wildman–Crippen MR) is 162 cm³/mol. The molecule has 3 unspecified atom stereocenters.